The van der Waals surface area contributed by atoms with Gasteiger partial charge in [-0.1, -0.05) is 18.2 Å². The molecule has 0 fully saturated rings. The first kappa shape index (κ1) is 15.0. The van der Waals surface area contributed by atoms with E-state index in [1.807, 2.05) is 19.1 Å². The molecule has 1 aromatic carbocycles. The van der Waals surface area contributed by atoms with Gasteiger partial charge in [0.2, 0.25) is 0 Å². The summed E-state index contributed by atoms with van der Waals surface area (Å²) in [7, 11) is 4.19. The molecule has 18 heavy (non-hydrogen) atoms. The summed E-state index contributed by atoms with van der Waals surface area (Å²) in [6.45, 7) is 8.14. The number of rotatable bonds is 7. The predicted molar refractivity (Wildman–Crippen MR) is 77.2 cm³/mol. The summed E-state index contributed by atoms with van der Waals surface area (Å²) in [5.41, 5.74) is 1.23. The number of nitrogens with zero attached hydrogens (tertiary/aromatic N) is 1. The lowest BCUT2D eigenvalue weighted by atomic mass is 10.1. The molecule has 0 saturated carbocycles. The van der Waals surface area contributed by atoms with Crippen molar-refractivity contribution in [3.8, 4) is 5.75 Å². The van der Waals surface area contributed by atoms with E-state index in [0.717, 1.165) is 12.3 Å². The second-order valence-electron chi connectivity index (χ2n) is 5.02. The molecule has 0 heterocycles. The van der Waals surface area contributed by atoms with Gasteiger partial charge in [0.25, 0.3) is 0 Å². The molecule has 2 unspecified atom stereocenters. The van der Waals surface area contributed by atoms with Crippen LogP contribution >= 0.6 is 0 Å². The first-order valence-corrected chi connectivity index (χ1v) is 6.67. The van der Waals surface area contributed by atoms with E-state index in [9.17, 15) is 0 Å². The molecule has 102 valence electrons. The number of hydrogen-bond acceptors (Lipinski definition) is 3. The zero-order valence-corrected chi connectivity index (χ0v) is 12.2. The monoisotopic (exact) mass is 250 g/mol. The minimum Gasteiger partial charge on any atom is -0.494 e. The van der Waals surface area contributed by atoms with Crippen LogP contribution in [0.2, 0.25) is 0 Å². The number of likely N-dealkylation sites (N-methyl/N-ethyl adjacent to an activating group) is 1. The van der Waals surface area contributed by atoms with Crippen molar-refractivity contribution in [1.82, 2.24) is 10.2 Å². The molecule has 2 atom stereocenters. The van der Waals surface area contributed by atoms with Gasteiger partial charge in [-0.2, -0.15) is 0 Å². The van der Waals surface area contributed by atoms with Crippen molar-refractivity contribution in [2.75, 3.05) is 27.2 Å². The van der Waals surface area contributed by atoms with Gasteiger partial charge >= 0.3 is 0 Å². The largest absolute Gasteiger partial charge is 0.494 e. The average Bonchev–Trinajstić information content (AvgIpc) is 2.28. The minimum absolute atomic E-state index is 0.294. The highest BCUT2D eigenvalue weighted by Gasteiger charge is 2.13. The van der Waals surface area contributed by atoms with Crippen LogP contribution in [0, 0.1) is 0 Å². The molecule has 0 aliphatic heterocycles. The fraction of sp³-hybridized carbons (Fsp3) is 0.600. The van der Waals surface area contributed by atoms with Crippen molar-refractivity contribution >= 4 is 0 Å². The fourth-order valence-corrected chi connectivity index (χ4v) is 2.24. The molecule has 1 rings (SSSR count). The molecular weight excluding hydrogens is 224 g/mol. The maximum Gasteiger partial charge on any atom is 0.124 e. The molecule has 0 spiro atoms. The van der Waals surface area contributed by atoms with Crippen LogP contribution in [0.4, 0.5) is 0 Å². The van der Waals surface area contributed by atoms with Gasteiger partial charge in [0.1, 0.15) is 5.75 Å². The third kappa shape index (κ3) is 4.67. The highest BCUT2D eigenvalue weighted by Crippen LogP contribution is 2.25. The summed E-state index contributed by atoms with van der Waals surface area (Å²) in [5, 5.41) is 3.60. The summed E-state index contributed by atoms with van der Waals surface area (Å²) in [5.74, 6) is 0.983. The van der Waals surface area contributed by atoms with Crippen molar-refractivity contribution in [1.29, 1.82) is 0 Å². The van der Waals surface area contributed by atoms with E-state index in [1.165, 1.54) is 5.56 Å². The number of para-hydroxylation sites is 1. The Labute approximate surface area is 111 Å². The lowest BCUT2D eigenvalue weighted by Crippen LogP contribution is -2.37. The zero-order chi connectivity index (χ0) is 13.5. The van der Waals surface area contributed by atoms with Crippen LogP contribution < -0.4 is 10.1 Å². The van der Waals surface area contributed by atoms with Gasteiger partial charge in [-0.3, -0.25) is 0 Å². The molecule has 0 aromatic heterocycles. The van der Waals surface area contributed by atoms with E-state index in [0.29, 0.717) is 18.7 Å². The van der Waals surface area contributed by atoms with Gasteiger partial charge < -0.3 is 15.0 Å². The molecule has 0 amide bonds. The lowest BCUT2D eigenvalue weighted by Gasteiger charge is -2.24. The van der Waals surface area contributed by atoms with Crippen molar-refractivity contribution < 1.29 is 4.74 Å². The van der Waals surface area contributed by atoms with E-state index in [2.05, 4.69) is 50.3 Å². The summed E-state index contributed by atoms with van der Waals surface area (Å²) in [6.07, 6.45) is 0. The zero-order valence-electron chi connectivity index (χ0n) is 12.2. The van der Waals surface area contributed by atoms with Crippen LogP contribution in [0.15, 0.2) is 24.3 Å². The van der Waals surface area contributed by atoms with E-state index in [-0.39, 0.29) is 0 Å². The molecule has 1 N–H and O–H groups in total. The Balaban J connectivity index is 2.68. The van der Waals surface area contributed by atoms with Crippen LogP contribution in [0.3, 0.4) is 0 Å². The second kappa shape index (κ2) is 7.39. The molecule has 3 nitrogen and oxygen atoms in total. The normalized spacial score (nSPS) is 14.6. The number of ether oxygens (including phenoxy) is 1. The second-order valence-corrected chi connectivity index (χ2v) is 5.02. The quantitative estimate of drug-likeness (QED) is 0.805. The van der Waals surface area contributed by atoms with Crippen LogP contribution in [0.5, 0.6) is 5.75 Å². The third-order valence-corrected chi connectivity index (χ3v) is 2.86. The fourth-order valence-electron chi connectivity index (χ4n) is 2.24. The van der Waals surface area contributed by atoms with Gasteiger partial charge in [-0.25, -0.2) is 0 Å². The van der Waals surface area contributed by atoms with Gasteiger partial charge in [0.15, 0.2) is 0 Å². The Morgan fingerprint density at radius 3 is 2.50 bits per heavy atom. The van der Waals surface area contributed by atoms with Gasteiger partial charge in [-0.15, -0.1) is 0 Å². The minimum atomic E-state index is 0.294. The van der Waals surface area contributed by atoms with E-state index < -0.39 is 0 Å². The van der Waals surface area contributed by atoms with Crippen molar-refractivity contribution in [2.45, 2.75) is 32.9 Å². The Morgan fingerprint density at radius 2 is 1.89 bits per heavy atom. The van der Waals surface area contributed by atoms with Gasteiger partial charge in [-0.05, 0) is 40.9 Å². The molecule has 0 bridgehead atoms. The highest BCUT2D eigenvalue weighted by molar-refractivity contribution is 5.35. The molecule has 0 radical (unpaired) electrons. The molecule has 0 saturated heterocycles. The Kier molecular flexibility index (Phi) is 6.16. The SMILES string of the molecule is CCOc1ccccc1C(C)NC(C)CN(C)C. The molecule has 0 aliphatic rings. The lowest BCUT2D eigenvalue weighted by molar-refractivity contribution is 0.317. The van der Waals surface area contributed by atoms with E-state index in [1.54, 1.807) is 0 Å². The van der Waals surface area contributed by atoms with Gasteiger partial charge in [0, 0.05) is 24.2 Å². The number of benzene rings is 1. The van der Waals surface area contributed by atoms with E-state index in [4.69, 9.17) is 4.74 Å². The number of hydrogen-bond donors (Lipinski definition) is 1. The van der Waals surface area contributed by atoms with E-state index >= 15 is 0 Å². The summed E-state index contributed by atoms with van der Waals surface area (Å²) < 4.78 is 5.67. The first-order chi connectivity index (χ1) is 8.54. The molecule has 0 aliphatic carbocycles. The Hall–Kier alpha value is -1.06. The standard InChI is InChI=1S/C15H26N2O/c1-6-18-15-10-8-7-9-14(15)13(3)16-12(2)11-17(4)5/h7-10,12-13,16H,6,11H2,1-5H3. The Morgan fingerprint density at radius 1 is 1.22 bits per heavy atom. The third-order valence-electron chi connectivity index (χ3n) is 2.86. The summed E-state index contributed by atoms with van der Waals surface area (Å²) in [6, 6.07) is 8.99. The summed E-state index contributed by atoms with van der Waals surface area (Å²) in [4.78, 5) is 2.19. The molecule has 3 heteroatoms. The Bertz CT molecular complexity index is 352. The van der Waals surface area contributed by atoms with Crippen molar-refractivity contribution in [3.05, 3.63) is 29.8 Å². The average molecular weight is 250 g/mol. The number of nitrogens with one attached hydrogen (secondary N) is 1. The maximum absolute atomic E-state index is 5.67. The smallest absolute Gasteiger partial charge is 0.124 e. The molecular formula is C15H26N2O. The van der Waals surface area contributed by atoms with Crippen LogP contribution in [0.1, 0.15) is 32.4 Å². The predicted octanol–water partition coefficient (Wildman–Crippen LogP) is 2.69. The molecule has 1 aromatic rings. The van der Waals surface area contributed by atoms with Crippen LogP contribution in [-0.4, -0.2) is 38.2 Å². The summed E-state index contributed by atoms with van der Waals surface area (Å²) >= 11 is 0. The first-order valence-electron chi connectivity index (χ1n) is 6.67. The van der Waals surface area contributed by atoms with Crippen LogP contribution in [-0.2, 0) is 0 Å². The van der Waals surface area contributed by atoms with Crippen LogP contribution in [0.25, 0.3) is 0 Å². The van der Waals surface area contributed by atoms with Crippen molar-refractivity contribution in [2.24, 2.45) is 0 Å². The topological polar surface area (TPSA) is 24.5 Å². The van der Waals surface area contributed by atoms with Gasteiger partial charge in [0.05, 0.1) is 6.61 Å². The van der Waals surface area contributed by atoms with Crippen molar-refractivity contribution in [3.63, 3.8) is 0 Å². The maximum atomic E-state index is 5.67. The highest BCUT2D eigenvalue weighted by atomic mass is 16.5.